The van der Waals surface area contributed by atoms with E-state index in [0.717, 1.165) is 24.1 Å². The van der Waals surface area contributed by atoms with Gasteiger partial charge in [0.1, 0.15) is 0 Å². The van der Waals surface area contributed by atoms with E-state index in [9.17, 15) is 4.79 Å². The fraction of sp³-hybridized carbons (Fsp3) is 0.533. The Hall–Kier alpha value is -1.13. The quantitative estimate of drug-likeness (QED) is 0.778. The zero-order valence-electron chi connectivity index (χ0n) is 10.9. The van der Waals surface area contributed by atoms with Gasteiger partial charge in [0.2, 0.25) is 0 Å². The van der Waals surface area contributed by atoms with E-state index in [1.165, 1.54) is 43.2 Å². The molecule has 3 rings (SSSR count). The summed E-state index contributed by atoms with van der Waals surface area (Å²) in [7, 11) is 0. The third-order valence-corrected chi connectivity index (χ3v) is 4.71. The third kappa shape index (κ3) is 3.67. The van der Waals surface area contributed by atoms with Crippen LogP contribution in [-0.2, 0) is 11.3 Å². The summed E-state index contributed by atoms with van der Waals surface area (Å²) in [6.45, 7) is 2.21. The van der Waals surface area contributed by atoms with Crippen LogP contribution in [0.5, 0.6) is 0 Å². The van der Waals surface area contributed by atoms with Crippen molar-refractivity contribution in [1.29, 1.82) is 0 Å². The predicted molar refractivity (Wildman–Crippen MR) is 77.1 cm³/mol. The van der Waals surface area contributed by atoms with E-state index in [0.29, 0.717) is 0 Å². The Morgan fingerprint density at radius 3 is 2.84 bits per heavy atom. The van der Waals surface area contributed by atoms with Crippen molar-refractivity contribution < 1.29 is 9.90 Å². The van der Waals surface area contributed by atoms with Crippen molar-refractivity contribution in [1.82, 2.24) is 4.90 Å². The molecule has 2 aliphatic carbocycles. The van der Waals surface area contributed by atoms with E-state index in [1.807, 2.05) is 6.07 Å². The molecule has 0 spiro atoms. The number of hydrogen-bond donors (Lipinski definition) is 1. The Labute approximate surface area is 117 Å². The van der Waals surface area contributed by atoms with Crippen LogP contribution in [0.1, 0.15) is 36.1 Å². The monoisotopic (exact) mass is 277 g/mol. The second-order valence-corrected chi connectivity index (χ2v) is 6.58. The van der Waals surface area contributed by atoms with Crippen LogP contribution in [0.25, 0.3) is 6.08 Å². The molecule has 0 radical (unpaired) electrons. The van der Waals surface area contributed by atoms with Crippen molar-refractivity contribution >= 4 is 23.4 Å². The first-order valence-corrected chi connectivity index (χ1v) is 7.82. The van der Waals surface area contributed by atoms with Gasteiger partial charge in [-0.05, 0) is 54.7 Å². The van der Waals surface area contributed by atoms with Crippen LogP contribution in [-0.4, -0.2) is 28.6 Å². The number of carboxylic acids is 1. The molecule has 102 valence electrons. The summed E-state index contributed by atoms with van der Waals surface area (Å²) in [5.41, 5.74) is 1.06. The van der Waals surface area contributed by atoms with Crippen LogP contribution in [0.2, 0.25) is 0 Å². The van der Waals surface area contributed by atoms with Gasteiger partial charge in [-0.2, -0.15) is 0 Å². The zero-order valence-corrected chi connectivity index (χ0v) is 11.7. The zero-order chi connectivity index (χ0) is 13.2. The van der Waals surface area contributed by atoms with Crippen molar-refractivity contribution in [2.45, 2.75) is 38.3 Å². The first-order chi connectivity index (χ1) is 9.22. The van der Waals surface area contributed by atoms with E-state index >= 15 is 0 Å². The van der Waals surface area contributed by atoms with Crippen molar-refractivity contribution in [2.24, 2.45) is 5.92 Å². The Kier molecular flexibility index (Phi) is 3.71. The Morgan fingerprint density at radius 2 is 2.21 bits per heavy atom. The maximum absolute atomic E-state index is 10.6. The molecular formula is C15H19NO2S. The number of nitrogens with zero attached hydrogens (tertiary/aromatic N) is 1. The average Bonchev–Trinajstić information content (AvgIpc) is 3.26. The molecule has 0 amide bonds. The van der Waals surface area contributed by atoms with Crippen LogP contribution in [0.15, 0.2) is 17.5 Å². The van der Waals surface area contributed by atoms with Gasteiger partial charge in [-0.15, -0.1) is 11.3 Å². The molecule has 2 aliphatic rings. The van der Waals surface area contributed by atoms with Crippen molar-refractivity contribution in [2.75, 3.05) is 6.54 Å². The fourth-order valence-corrected chi connectivity index (χ4v) is 3.28. The SMILES string of the molecule is O=C(O)C=Cc1ccsc1CN(CC1CC1)C1CC1. The molecule has 4 heteroatoms. The number of carboxylic acid groups (broad SMARTS) is 1. The highest BCUT2D eigenvalue weighted by molar-refractivity contribution is 7.10. The van der Waals surface area contributed by atoms with Gasteiger partial charge in [0.25, 0.3) is 0 Å². The second-order valence-electron chi connectivity index (χ2n) is 5.57. The van der Waals surface area contributed by atoms with Crippen LogP contribution >= 0.6 is 11.3 Å². The molecule has 0 aliphatic heterocycles. The first kappa shape index (κ1) is 12.9. The molecule has 2 saturated carbocycles. The van der Waals surface area contributed by atoms with E-state index in [2.05, 4.69) is 10.3 Å². The summed E-state index contributed by atoms with van der Waals surface area (Å²) in [6, 6.07) is 2.79. The number of rotatable bonds is 7. The minimum atomic E-state index is -0.880. The molecule has 2 fully saturated rings. The van der Waals surface area contributed by atoms with Gasteiger partial charge in [-0.3, -0.25) is 4.90 Å². The van der Waals surface area contributed by atoms with Crippen LogP contribution < -0.4 is 0 Å². The largest absolute Gasteiger partial charge is 0.478 e. The molecule has 19 heavy (non-hydrogen) atoms. The highest BCUT2D eigenvalue weighted by Gasteiger charge is 2.33. The summed E-state index contributed by atoms with van der Waals surface area (Å²) in [4.78, 5) is 14.5. The van der Waals surface area contributed by atoms with Crippen LogP contribution in [0.3, 0.4) is 0 Å². The number of thiophene rings is 1. The smallest absolute Gasteiger partial charge is 0.328 e. The lowest BCUT2D eigenvalue weighted by Crippen LogP contribution is -2.27. The molecular weight excluding hydrogens is 258 g/mol. The number of aliphatic carboxylic acids is 1. The minimum absolute atomic E-state index is 0.777. The highest BCUT2D eigenvalue weighted by atomic mass is 32.1. The number of carbonyl (C=O) groups is 1. The Bertz CT molecular complexity index is 486. The van der Waals surface area contributed by atoms with Crippen molar-refractivity contribution in [3.8, 4) is 0 Å². The molecule has 1 aromatic rings. The normalized spacial score (nSPS) is 19.4. The molecule has 3 nitrogen and oxygen atoms in total. The Balaban J connectivity index is 1.66. The van der Waals surface area contributed by atoms with Crippen molar-refractivity contribution in [3.63, 3.8) is 0 Å². The molecule has 1 heterocycles. The van der Waals surface area contributed by atoms with E-state index < -0.39 is 5.97 Å². The summed E-state index contributed by atoms with van der Waals surface area (Å²) < 4.78 is 0. The van der Waals surface area contributed by atoms with Gasteiger partial charge in [0.15, 0.2) is 0 Å². The second kappa shape index (κ2) is 5.47. The Morgan fingerprint density at radius 1 is 1.42 bits per heavy atom. The van der Waals surface area contributed by atoms with E-state index in [-0.39, 0.29) is 0 Å². The summed E-state index contributed by atoms with van der Waals surface area (Å²) >= 11 is 1.74. The number of hydrogen-bond acceptors (Lipinski definition) is 3. The van der Waals surface area contributed by atoms with Crippen molar-refractivity contribution in [3.05, 3.63) is 28.0 Å². The maximum Gasteiger partial charge on any atom is 0.328 e. The molecule has 0 aromatic carbocycles. The molecule has 0 saturated heterocycles. The average molecular weight is 277 g/mol. The summed E-state index contributed by atoms with van der Waals surface area (Å²) in [5, 5.41) is 10.8. The summed E-state index contributed by atoms with van der Waals surface area (Å²) in [5.74, 6) is 0.0350. The first-order valence-electron chi connectivity index (χ1n) is 6.94. The molecule has 1 N–H and O–H groups in total. The third-order valence-electron chi connectivity index (χ3n) is 3.78. The lowest BCUT2D eigenvalue weighted by Gasteiger charge is -2.21. The lowest BCUT2D eigenvalue weighted by atomic mass is 10.2. The highest BCUT2D eigenvalue weighted by Crippen LogP contribution is 2.36. The van der Waals surface area contributed by atoms with E-state index in [1.54, 1.807) is 17.4 Å². The fourth-order valence-electron chi connectivity index (χ4n) is 2.39. The van der Waals surface area contributed by atoms with E-state index in [4.69, 9.17) is 5.11 Å². The lowest BCUT2D eigenvalue weighted by molar-refractivity contribution is -0.131. The van der Waals surface area contributed by atoms with Gasteiger partial charge < -0.3 is 5.11 Å². The maximum atomic E-state index is 10.6. The topological polar surface area (TPSA) is 40.5 Å². The van der Waals surface area contributed by atoms with Gasteiger partial charge in [-0.25, -0.2) is 4.79 Å². The molecule has 0 unspecified atom stereocenters. The van der Waals surface area contributed by atoms with Crippen LogP contribution in [0.4, 0.5) is 0 Å². The molecule has 0 atom stereocenters. The van der Waals surface area contributed by atoms with Gasteiger partial charge in [0, 0.05) is 30.1 Å². The van der Waals surface area contributed by atoms with Crippen LogP contribution in [0, 0.1) is 5.92 Å². The van der Waals surface area contributed by atoms with Gasteiger partial charge in [0.05, 0.1) is 0 Å². The predicted octanol–water partition coefficient (Wildman–Crippen LogP) is 3.22. The van der Waals surface area contributed by atoms with Gasteiger partial charge in [-0.1, -0.05) is 0 Å². The molecule has 0 bridgehead atoms. The molecule has 1 aromatic heterocycles. The standard InChI is InChI=1S/C15H19NO2S/c17-15(18)6-3-12-7-8-19-14(12)10-16(13-4-5-13)9-11-1-2-11/h3,6-8,11,13H,1-2,4-5,9-10H2,(H,17,18). The van der Waals surface area contributed by atoms with Gasteiger partial charge >= 0.3 is 5.97 Å². The minimum Gasteiger partial charge on any atom is -0.478 e. The summed E-state index contributed by atoms with van der Waals surface area (Å²) in [6.07, 6.45) is 8.39.